The van der Waals surface area contributed by atoms with Crippen molar-refractivity contribution in [3.63, 3.8) is 0 Å². The van der Waals surface area contributed by atoms with Gasteiger partial charge in [0.05, 0.1) is 0 Å². The number of ether oxygens (including phenoxy) is 1. The minimum atomic E-state index is -1.29. The van der Waals surface area contributed by atoms with Crippen LogP contribution in [-0.4, -0.2) is 44.1 Å². The number of fused-ring (bicyclic) bond motifs is 3. The molecule has 1 N–H and O–H groups in total. The van der Waals surface area contributed by atoms with E-state index >= 15 is 0 Å². The van der Waals surface area contributed by atoms with Crippen LogP contribution in [0.15, 0.2) is 133 Å². The fourth-order valence-corrected chi connectivity index (χ4v) is 6.96. The number of hydrogen-bond donors (Lipinski definition) is 1. The molecular formula is C37H31NO4Se. The van der Waals surface area contributed by atoms with E-state index in [0.29, 0.717) is 0 Å². The Bertz CT molecular complexity index is 1640. The molecule has 43 heavy (non-hydrogen) atoms. The molecule has 0 saturated carbocycles. The molecule has 0 fully saturated rings. The van der Waals surface area contributed by atoms with Crippen molar-refractivity contribution >= 4 is 28.1 Å². The van der Waals surface area contributed by atoms with E-state index in [1.54, 1.807) is 0 Å². The van der Waals surface area contributed by atoms with Gasteiger partial charge in [-0.1, -0.05) is 0 Å². The van der Waals surface area contributed by atoms with Gasteiger partial charge in [-0.25, -0.2) is 0 Å². The van der Waals surface area contributed by atoms with Gasteiger partial charge in [0.2, 0.25) is 0 Å². The number of carboxylic acid groups (broad SMARTS) is 1. The molecule has 1 aliphatic rings. The summed E-state index contributed by atoms with van der Waals surface area (Å²) in [5.74, 6) is -1.11. The number of rotatable bonds is 9. The molecule has 5 nitrogen and oxygen atoms in total. The van der Waals surface area contributed by atoms with Crippen molar-refractivity contribution in [1.82, 2.24) is 4.90 Å². The topological polar surface area (TPSA) is 66.8 Å². The summed E-state index contributed by atoms with van der Waals surface area (Å²) in [6.45, 7) is 0.0197. The van der Waals surface area contributed by atoms with E-state index in [4.69, 9.17) is 4.74 Å². The van der Waals surface area contributed by atoms with Crippen LogP contribution in [0.25, 0.3) is 11.1 Å². The first-order valence-corrected chi connectivity index (χ1v) is 15.5. The first-order valence-electron chi connectivity index (χ1n) is 14.2. The Morgan fingerprint density at radius 2 is 1.23 bits per heavy atom. The molecule has 0 bridgehead atoms. The second-order valence-electron chi connectivity index (χ2n) is 10.5. The van der Waals surface area contributed by atoms with Crippen LogP contribution in [0.3, 0.4) is 0 Å². The predicted octanol–water partition coefficient (Wildman–Crippen LogP) is 6.96. The fraction of sp³-hybridized carbons (Fsp3) is 0.135. The molecule has 0 spiro atoms. The Hall–Kier alpha value is -4.64. The second-order valence-corrected chi connectivity index (χ2v) is 11.3. The normalized spacial score (nSPS) is 12.6. The van der Waals surface area contributed by atoms with Gasteiger partial charge >= 0.3 is 260 Å². The van der Waals surface area contributed by atoms with Gasteiger partial charge in [0, 0.05) is 0 Å². The van der Waals surface area contributed by atoms with Crippen LogP contribution in [0.4, 0.5) is 4.79 Å². The van der Waals surface area contributed by atoms with Crippen molar-refractivity contribution < 1.29 is 19.4 Å². The Morgan fingerprint density at radius 1 is 0.721 bits per heavy atom. The van der Waals surface area contributed by atoms with Crippen molar-refractivity contribution in [3.05, 3.63) is 167 Å². The van der Waals surface area contributed by atoms with Gasteiger partial charge in [-0.05, 0) is 0 Å². The molecule has 0 heterocycles. The summed E-state index contributed by atoms with van der Waals surface area (Å²) in [4.78, 5) is 28.9. The number of benzene rings is 5. The summed E-state index contributed by atoms with van der Waals surface area (Å²) in [7, 11) is 0. The molecule has 0 radical (unpaired) electrons. The predicted molar refractivity (Wildman–Crippen MR) is 169 cm³/mol. The van der Waals surface area contributed by atoms with Crippen molar-refractivity contribution in [1.29, 1.82) is 0 Å². The quantitative estimate of drug-likeness (QED) is 0.138. The zero-order valence-corrected chi connectivity index (χ0v) is 25.3. The average Bonchev–Trinajstić information content (AvgIpc) is 3.44. The SMILES string of the molecule is O=C(O)[C@H](C[SeH])N(C(=O)OCc1cccc2c1Cc1ccccc1-2)C(c1ccccc1)(c1ccccc1)c1ccccc1. The molecule has 0 unspecified atom stereocenters. The average molecular weight is 633 g/mol. The summed E-state index contributed by atoms with van der Waals surface area (Å²) < 4.78 is 6.13. The van der Waals surface area contributed by atoms with E-state index in [2.05, 4.69) is 34.2 Å². The Labute approximate surface area is 259 Å². The summed E-state index contributed by atoms with van der Waals surface area (Å²) in [6.07, 6.45) is 0.0536. The summed E-state index contributed by atoms with van der Waals surface area (Å²) in [6, 6.07) is 41.9. The molecule has 214 valence electrons. The maximum absolute atomic E-state index is 14.5. The molecule has 6 heteroatoms. The van der Waals surface area contributed by atoms with Crippen molar-refractivity contribution in [2.24, 2.45) is 0 Å². The Morgan fingerprint density at radius 3 is 1.77 bits per heavy atom. The van der Waals surface area contributed by atoms with E-state index in [9.17, 15) is 14.7 Å². The van der Waals surface area contributed by atoms with Gasteiger partial charge in [-0.2, -0.15) is 0 Å². The number of nitrogens with zero attached hydrogens (tertiary/aromatic N) is 1. The number of amides is 1. The third-order valence-corrected chi connectivity index (χ3v) is 8.93. The van der Waals surface area contributed by atoms with Gasteiger partial charge in [0.15, 0.2) is 0 Å². The molecule has 0 saturated heterocycles. The van der Waals surface area contributed by atoms with Gasteiger partial charge in [0.1, 0.15) is 0 Å². The first-order chi connectivity index (χ1) is 21.1. The van der Waals surface area contributed by atoms with Crippen LogP contribution in [0.2, 0.25) is 5.32 Å². The van der Waals surface area contributed by atoms with Crippen LogP contribution in [0, 0.1) is 0 Å². The zero-order valence-electron chi connectivity index (χ0n) is 23.5. The number of carbonyl (C=O) groups is 2. The molecule has 0 aliphatic heterocycles. The van der Waals surface area contributed by atoms with E-state index in [1.807, 2.05) is 115 Å². The Balaban J connectivity index is 1.49. The zero-order chi connectivity index (χ0) is 29.8. The second kappa shape index (κ2) is 12.3. The van der Waals surface area contributed by atoms with Crippen LogP contribution in [0.5, 0.6) is 0 Å². The molecule has 5 aromatic carbocycles. The molecule has 5 aromatic rings. The van der Waals surface area contributed by atoms with Gasteiger partial charge in [0.25, 0.3) is 0 Å². The molecular weight excluding hydrogens is 601 g/mol. The fourth-order valence-electron chi connectivity index (χ4n) is 6.29. The van der Waals surface area contributed by atoms with E-state index in [1.165, 1.54) is 16.0 Å². The maximum atomic E-state index is 14.5. The van der Waals surface area contributed by atoms with Crippen LogP contribution < -0.4 is 0 Å². The van der Waals surface area contributed by atoms with Crippen LogP contribution in [0.1, 0.15) is 33.4 Å². The number of aliphatic carboxylic acids is 1. The van der Waals surface area contributed by atoms with Gasteiger partial charge in [-0.15, -0.1) is 0 Å². The van der Waals surface area contributed by atoms with Gasteiger partial charge < -0.3 is 0 Å². The van der Waals surface area contributed by atoms with E-state index in [-0.39, 0.29) is 11.9 Å². The van der Waals surface area contributed by atoms with Crippen molar-refractivity contribution in [2.75, 3.05) is 0 Å². The molecule has 1 aliphatic carbocycles. The first kappa shape index (κ1) is 28.5. The monoisotopic (exact) mass is 633 g/mol. The number of carboxylic acids is 1. The summed E-state index contributed by atoms with van der Waals surface area (Å²) >= 11 is 2.33. The third-order valence-electron chi connectivity index (χ3n) is 8.20. The van der Waals surface area contributed by atoms with Crippen molar-refractivity contribution in [3.8, 4) is 11.1 Å². The van der Waals surface area contributed by atoms with Crippen LogP contribution >= 0.6 is 0 Å². The molecule has 0 aromatic heterocycles. The summed E-state index contributed by atoms with van der Waals surface area (Å²) in [5, 5.41) is 10.7. The molecule has 6 rings (SSSR count). The standard InChI is InChI=1S/C37H31NO4Se/c39-35(40)34(25-43)38(36(41)42-24-27-14-12-22-32-31-21-11-10-13-26(31)23-33(27)32)37(28-15-4-1-5-16-28,29-17-6-2-7-18-29)30-19-8-3-9-20-30/h1-22,34,43H,23-25H2,(H,39,40)/t34-/m0/s1. The van der Waals surface area contributed by atoms with E-state index in [0.717, 1.165) is 39.8 Å². The molecule has 1 amide bonds. The van der Waals surface area contributed by atoms with Crippen LogP contribution in [-0.2, 0) is 28.1 Å². The Kier molecular flexibility index (Phi) is 8.15. The van der Waals surface area contributed by atoms with Crippen molar-refractivity contribution in [2.45, 2.75) is 29.9 Å². The minimum absolute atomic E-state index is 0.0197. The number of carbonyl (C=O) groups excluding carboxylic acids is 1. The van der Waals surface area contributed by atoms with Gasteiger partial charge in [-0.3, -0.25) is 0 Å². The summed E-state index contributed by atoms with van der Waals surface area (Å²) in [5.41, 5.74) is 6.59. The molecule has 1 atom stereocenters. The van der Waals surface area contributed by atoms with E-state index < -0.39 is 23.6 Å². The number of hydrogen-bond acceptors (Lipinski definition) is 3. The third kappa shape index (κ3) is 5.14.